The predicted octanol–water partition coefficient (Wildman–Crippen LogP) is 3.59. The minimum atomic E-state index is -4.49. The number of ether oxygens (including phenoxy) is 1. The van der Waals surface area contributed by atoms with Crippen LogP contribution in [0.5, 0.6) is 0 Å². The molecule has 0 bridgehead atoms. The van der Waals surface area contributed by atoms with Gasteiger partial charge in [0.15, 0.2) is 18.3 Å². The third-order valence-corrected chi connectivity index (χ3v) is 4.77. The highest BCUT2D eigenvalue weighted by Crippen LogP contribution is 2.39. The van der Waals surface area contributed by atoms with Crippen LogP contribution >= 0.6 is 22.6 Å². The molecule has 1 aromatic carbocycles. The van der Waals surface area contributed by atoms with Crippen LogP contribution in [0.25, 0.3) is 0 Å². The summed E-state index contributed by atoms with van der Waals surface area (Å²) in [7, 11) is 0. The number of amides is 1. The maximum absolute atomic E-state index is 13.2. The van der Waals surface area contributed by atoms with Crippen molar-refractivity contribution in [2.24, 2.45) is 0 Å². The second kappa shape index (κ2) is 7.97. The summed E-state index contributed by atoms with van der Waals surface area (Å²) in [6.45, 7) is 1.03. The Kier molecular flexibility index (Phi) is 5.82. The van der Waals surface area contributed by atoms with E-state index in [-0.39, 0.29) is 17.9 Å². The summed E-state index contributed by atoms with van der Waals surface area (Å²) < 4.78 is 46.3. The number of aromatic nitrogens is 2. The topological polar surface area (TPSA) is 85.2 Å². The van der Waals surface area contributed by atoms with Gasteiger partial charge in [-0.25, -0.2) is 9.48 Å². The first-order chi connectivity index (χ1) is 13.1. The van der Waals surface area contributed by atoms with Gasteiger partial charge in [-0.05, 0) is 60.2 Å². The van der Waals surface area contributed by atoms with E-state index in [1.807, 2.05) is 0 Å². The molecule has 0 radical (unpaired) electrons. The molecule has 11 heteroatoms. The molecule has 2 heterocycles. The van der Waals surface area contributed by atoms with Crippen LogP contribution in [0.15, 0.2) is 30.3 Å². The molecule has 7 nitrogen and oxygen atoms in total. The van der Waals surface area contributed by atoms with Gasteiger partial charge in [-0.1, -0.05) is 0 Å². The minimum absolute atomic E-state index is 0.0800. The molecular formula is C17H16F3IN4O3. The van der Waals surface area contributed by atoms with E-state index < -0.39 is 36.7 Å². The molecule has 0 saturated carbocycles. The largest absolute Gasteiger partial charge is 0.451 e. The quantitative estimate of drug-likeness (QED) is 0.488. The Labute approximate surface area is 171 Å². The summed E-state index contributed by atoms with van der Waals surface area (Å²) in [4.78, 5) is 24.0. The average Bonchev–Trinajstić information content (AvgIpc) is 3.04. The van der Waals surface area contributed by atoms with E-state index in [2.05, 4.69) is 38.3 Å². The molecule has 3 rings (SSSR count). The number of nitrogens with one attached hydrogen (secondary N) is 2. The monoisotopic (exact) mass is 508 g/mol. The summed E-state index contributed by atoms with van der Waals surface area (Å²) in [6, 6.07) is 5.90. The van der Waals surface area contributed by atoms with Crippen molar-refractivity contribution < 1.29 is 27.5 Å². The van der Waals surface area contributed by atoms with Gasteiger partial charge in [-0.2, -0.15) is 18.3 Å². The summed E-state index contributed by atoms with van der Waals surface area (Å²) in [5, 5.41) is 9.14. The third kappa shape index (κ3) is 4.75. The molecule has 0 unspecified atom stereocenters. The van der Waals surface area contributed by atoms with Gasteiger partial charge in [0.25, 0.3) is 5.91 Å². The van der Waals surface area contributed by atoms with Crippen LogP contribution in [0.1, 0.15) is 29.9 Å². The second-order valence-electron chi connectivity index (χ2n) is 6.33. The molecule has 150 valence electrons. The number of carbonyl (C=O) groups is 2. The van der Waals surface area contributed by atoms with Crippen LogP contribution in [0.2, 0.25) is 0 Å². The molecule has 2 N–H and O–H groups in total. The fraction of sp³-hybridized carbons (Fsp3) is 0.353. The molecular weight excluding hydrogens is 492 g/mol. The SMILES string of the molecule is C[C@@H]1C[C@H](C(F)(F)F)n2nc(C(=O)OCC(=O)Nc3ccc(I)cc3)cc2N1. The number of fused-ring (bicyclic) bond motifs is 1. The van der Waals surface area contributed by atoms with E-state index >= 15 is 0 Å². The van der Waals surface area contributed by atoms with Crippen molar-refractivity contribution in [3.63, 3.8) is 0 Å². The van der Waals surface area contributed by atoms with Crippen LogP contribution in [0.3, 0.4) is 0 Å². The first-order valence-electron chi connectivity index (χ1n) is 8.29. The highest BCUT2D eigenvalue weighted by molar-refractivity contribution is 14.1. The van der Waals surface area contributed by atoms with Gasteiger partial charge in [0.1, 0.15) is 5.82 Å². The average molecular weight is 508 g/mol. The van der Waals surface area contributed by atoms with Gasteiger partial charge in [0.2, 0.25) is 0 Å². The highest BCUT2D eigenvalue weighted by atomic mass is 127. The number of benzene rings is 1. The highest BCUT2D eigenvalue weighted by Gasteiger charge is 2.45. The summed E-state index contributed by atoms with van der Waals surface area (Å²) in [6.07, 6.45) is -4.70. The Hall–Kier alpha value is -2.31. The molecule has 1 aliphatic rings. The second-order valence-corrected chi connectivity index (χ2v) is 7.57. The van der Waals surface area contributed by atoms with E-state index in [4.69, 9.17) is 4.74 Å². The maximum Gasteiger partial charge on any atom is 0.410 e. The maximum atomic E-state index is 13.2. The van der Waals surface area contributed by atoms with Gasteiger partial charge in [-0.3, -0.25) is 4.79 Å². The lowest BCUT2D eigenvalue weighted by Gasteiger charge is -2.31. The standard InChI is InChI=1S/C17H16F3IN4O3/c1-9-6-13(17(18,19)20)25-14(22-9)7-12(24-25)16(27)28-8-15(26)23-11-4-2-10(21)3-5-11/h2-5,7,9,13,22H,6,8H2,1H3,(H,23,26)/t9-,13-/m1/s1. The molecule has 0 spiro atoms. The normalized spacial score (nSPS) is 18.8. The molecule has 2 atom stereocenters. The first-order valence-corrected chi connectivity index (χ1v) is 9.36. The lowest BCUT2D eigenvalue weighted by Crippen LogP contribution is -2.37. The fourth-order valence-electron chi connectivity index (χ4n) is 2.79. The predicted molar refractivity (Wildman–Crippen MR) is 103 cm³/mol. The minimum Gasteiger partial charge on any atom is -0.451 e. The van der Waals surface area contributed by atoms with Gasteiger partial charge in [0, 0.05) is 21.4 Å². The lowest BCUT2D eigenvalue weighted by atomic mass is 10.1. The zero-order valence-electron chi connectivity index (χ0n) is 14.6. The van der Waals surface area contributed by atoms with Crippen molar-refractivity contribution in [1.82, 2.24) is 9.78 Å². The molecule has 0 fully saturated rings. The van der Waals surface area contributed by atoms with Gasteiger partial charge in [-0.15, -0.1) is 0 Å². The zero-order chi connectivity index (χ0) is 20.5. The number of rotatable bonds is 4. The molecule has 2 aromatic rings. The van der Waals surface area contributed by atoms with E-state index in [0.29, 0.717) is 5.69 Å². The number of nitrogens with zero attached hydrogens (tertiary/aromatic N) is 2. The van der Waals surface area contributed by atoms with Crippen LogP contribution in [0, 0.1) is 3.57 Å². The number of hydrogen-bond acceptors (Lipinski definition) is 5. The van der Waals surface area contributed by atoms with Crippen LogP contribution in [0.4, 0.5) is 24.7 Å². The Bertz CT molecular complexity index is 883. The molecule has 28 heavy (non-hydrogen) atoms. The fourth-order valence-corrected chi connectivity index (χ4v) is 3.15. The number of esters is 1. The zero-order valence-corrected chi connectivity index (χ0v) is 16.7. The van der Waals surface area contributed by atoms with E-state index in [1.165, 1.54) is 6.07 Å². The molecule has 1 aromatic heterocycles. The summed E-state index contributed by atoms with van der Waals surface area (Å²) in [5.41, 5.74) is 0.234. The van der Waals surface area contributed by atoms with Crippen molar-refractivity contribution >= 4 is 46.0 Å². The smallest absolute Gasteiger partial charge is 0.410 e. The molecule has 0 saturated heterocycles. The summed E-state index contributed by atoms with van der Waals surface area (Å²) in [5.74, 6) is -1.47. The van der Waals surface area contributed by atoms with Crippen molar-refractivity contribution in [3.05, 3.63) is 39.6 Å². The number of alkyl halides is 3. The molecule has 1 amide bonds. The van der Waals surface area contributed by atoms with Crippen molar-refractivity contribution in [2.75, 3.05) is 17.2 Å². The van der Waals surface area contributed by atoms with Crippen LogP contribution in [-0.4, -0.2) is 40.5 Å². The Morgan fingerprint density at radius 1 is 1.36 bits per heavy atom. The number of hydrogen-bond donors (Lipinski definition) is 2. The lowest BCUT2D eigenvalue weighted by molar-refractivity contribution is -0.173. The first kappa shape index (κ1) is 20.4. The number of anilines is 2. The summed E-state index contributed by atoms with van der Waals surface area (Å²) >= 11 is 2.12. The van der Waals surface area contributed by atoms with E-state index in [0.717, 1.165) is 8.25 Å². The van der Waals surface area contributed by atoms with E-state index in [1.54, 1.807) is 31.2 Å². The van der Waals surface area contributed by atoms with E-state index in [9.17, 15) is 22.8 Å². The van der Waals surface area contributed by atoms with Gasteiger partial charge < -0.3 is 15.4 Å². The van der Waals surface area contributed by atoms with Crippen molar-refractivity contribution in [1.29, 1.82) is 0 Å². The van der Waals surface area contributed by atoms with Gasteiger partial charge in [0.05, 0.1) is 0 Å². The Morgan fingerprint density at radius 2 is 2.04 bits per heavy atom. The van der Waals surface area contributed by atoms with Crippen molar-refractivity contribution in [3.8, 4) is 0 Å². The molecule has 1 aliphatic heterocycles. The van der Waals surface area contributed by atoms with Crippen LogP contribution < -0.4 is 10.6 Å². The third-order valence-electron chi connectivity index (χ3n) is 4.05. The molecule has 0 aliphatic carbocycles. The van der Waals surface area contributed by atoms with Crippen molar-refractivity contribution in [2.45, 2.75) is 31.6 Å². The number of carbonyl (C=O) groups excluding carboxylic acids is 2. The van der Waals surface area contributed by atoms with Crippen LogP contribution in [-0.2, 0) is 9.53 Å². The Morgan fingerprint density at radius 3 is 2.68 bits per heavy atom. The number of halogens is 4. The Balaban J connectivity index is 1.64. The van der Waals surface area contributed by atoms with Gasteiger partial charge >= 0.3 is 12.1 Å².